The fourth-order valence-electron chi connectivity index (χ4n) is 1.76. The third-order valence-electron chi connectivity index (χ3n) is 2.68. The molecule has 0 aliphatic rings. The van der Waals surface area contributed by atoms with Gasteiger partial charge in [-0.1, -0.05) is 12.1 Å². The molecule has 2 aromatic heterocycles. The zero-order valence-corrected chi connectivity index (χ0v) is 11.7. The number of nitrogens with one attached hydrogen (secondary N) is 2. The molecule has 0 radical (unpaired) electrons. The van der Waals surface area contributed by atoms with Crippen LogP contribution in [0.4, 0.5) is 11.6 Å². The Balaban J connectivity index is 1.89. The summed E-state index contributed by atoms with van der Waals surface area (Å²) in [4.78, 5) is 31.0. The van der Waals surface area contributed by atoms with E-state index in [1.807, 2.05) is 12.1 Å². The van der Waals surface area contributed by atoms with Crippen LogP contribution >= 0.6 is 0 Å². The number of rotatable bonds is 5. The van der Waals surface area contributed by atoms with Gasteiger partial charge in [0.25, 0.3) is 0 Å². The van der Waals surface area contributed by atoms with E-state index in [2.05, 4.69) is 20.6 Å². The number of aryl methyl sites for hydroxylation is 1. The monoisotopic (exact) mass is 284 g/mol. The molecule has 0 aliphatic heterocycles. The summed E-state index contributed by atoms with van der Waals surface area (Å²) in [6.45, 7) is 1.40. The highest BCUT2D eigenvalue weighted by molar-refractivity contribution is 5.91. The lowest BCUT2D eigenvalue weighted by molar-refractivity contribution is -0.116. The molecular weight excluding hydrogens is 268 g/mol. The van der Waals surface area contributed by atoms with Gasteiger partial charge in [0.2, 0.25) is 11.8 Å². The molecule has 0 atom stereocenters. The van der Waals surface area contributed by atoms with E-state index in [1.54, 1.807) is 30.6 Å². The quantitative estimate of drug-likeness (QED) is 0.879. The van der Waals surface area contributed by atoms with E-state index < -0.39 is 0 Å². The van der Waals surface area contributed by atoms with Crippen LogP contribution in [0.15, 0.2) is 42.7 Å². The van der Waals surface area contributed by atoms with Gasteiger partial charge in [-0.2, -0.15) is 0 Å². The third-order valence-corrected chi connectivity index (χ3v) is 2.68. The Labute approximate surface area is 122 Å². The Morgan fingerprint density at radius 2 is 1.86 bits per heavy atom. The van der Waals surface area contributed by atoms with Crippen LogP contribution in [0.1, 0.15) is 18.9 Å². The normalized spacial score (nSPS) is 9.95. The van der Waals surface area contributed by atoms with Crippen LogP contribution in [-0.4, -0.2) is 21.8 Å². The number of hydrogen-bond donors (Lipinski definition) is 2. The first kappa shape index (κ1) is 14.6. The molecule has 0 spiro atoms. The lowest BCUT2D eigenvalue weighted by atomic mass is 10.1. The van der Waals surface area contributed by atoms with Crippen molar-refractivity contribution < 1.29 is 9.59 Å². The van der Waals surface area contributed by atoms with Gasteiger partial charge in [-0.3, -0.25) is 14.6 Å². The van der Waals surface area contributed by atoms with E-state index in [0.717, 1.165) is 5.56 Å². The minimum Gasteiger partial charge on any atom is -0.311 e. The molecule has 0 aliphatic carbocycles. The molecule has 0 aromatic carbocycles. The van der Waals surface area contributed by atoms with Crippen LogP contribution in [0.3, 0.4) is 0 Å². The Morgan fingerprint density at radius 3 is 2.52 bits per heavy atom. The molecule has 21 heavy (non-hydrogen) atoms. The van der Waals surface area contributed by atoms with Crippen LogP contribution in [0, 0.1) is 0 Å². The van der Waals surface area contributed by atoms with Gasteiger partial charge in [0.05, 0.1) is 0 Å². The summed E-state index contributed by atoms with van der Waals surface area (Å²) in [5, 5.41) is 5.27. The highest BCUT2D eigenvalue weighted by Crippen LogP contribution is 2.10. The van der Waals surface area contributed by atoms with Gasteiger partial charge in [0.15, 0.2) is 0 Å². The molecule has 108 valence electrons. The van der Waals surface area contributed by atoms with Gasteiger partial charge in [-0.25, -0.2) is 4.98 Å². The van der Waals surface area contributed by atoms with Gasteiger partial charge in [0.1, 0.15) is 11.6 Å². The molecule has 0 saturated carbocycles. The van der Waals surface area contributed by atoms with E-state index in [1.165, 1.54) is 6.92 Å². The summed E-state index contributed by atoms with van der Waals surface area (Å²) in [6, 6.07) is 8.82. The average molecular weight is 284 g/mol. The highest BCUT2D eigenvalue weighted by atomic mass is 16.2. The zero-order chi connectivity index (χ0) is 15.1. The van der Waals surface area contributed by atoms with Crippen molar-refractivity contribution in [2.24, 2.45) is 0 Å². The number of anilines is 2. The summed E-state index contributed by atoms with van der Waals surface area (Å²) in [7, 11) is 0. The number of nitrogens with zero attached hydrogens (tertiary/aromatic N) is 2. The molecule has 0 saturated heterocycles. The van der Waals surface area contributed by atoms with E-state index in [9.17, 15) is 9.59 Å². The second kappa shape index (κ2) is 7.14. The van der Waals surface area contributed by atoms with Gasteiger partial charge < -0.3 is 10.6 Å². The van der Waals surface area contributed by atoms with Crippen molar-refractivity contribution in [1.29, 1.82) is 0 Å². The molecule has 6 nitrogen and oxygen atoms in total. The lowest BCUT2D eigenvalue weighted by Gasteiger charge is -2.06. The molecule has 2 aromatic rings. The second-order valence-corrected chi connectivity index (χ2v) is 4.50. The first-order valence-corrected chi connectivity index (χ1v) is 6.57. The highest BCUT2D eigenvalue weighted by Gasteiger charge is 2.05. The molecule has 2 N–H and O–H groups in total. The number of carbonyl (C=O) groups is 2. The molecule has 6 heteroatoms. The van der Waals surface area contributed by atoms with E-state index in [4.69, 9.17) is 0 Å². The van der Waals surface area contributed by atoms with Crippen LogP contribution in [0.25, 0.3) is 0 Å². The topological polar surface area (TPSA) is 84.0 Å². The van der Waals surface area contributed by atoms with Crippen molar-refractivity contribution in [3.8, 4) is 0 Å². The van der Waals surface area contributed by atoms with Gasteiger partial charge >= 0.3 is 0 Å². The van der Waals surface area contributed by atoms with Crippen LogP contribution < -0.4 is 10.6 Å². The summed E-state index contributed by atoms with van der Waals surface area (Å²) in [5.41, 5.74) is 1.01. The molecule has 0 unspecified atom stereocenters. The predicted octanol–water partition coefficient (Wildman–Crippen LogP) is 2.01. The standard InChI is InChI=1S/C15H16N4O2/c1-11(20)17-13-5-2-6-14(18-13)19-15(21)8-7-12-4-3-9-16-10-12/h2-6,9-10H,7-8H2,1H3,(H2,17,18,19,20,21). The number of carbonyl (C=O) groups excluding carboxylic acids is 2. The summed E-state index contributed by atoms with van der Waals surface area (Å²) >= 11 is 0. The van der Waals surface area contributed by atoms with Gasteiger partial charge in [-0.05, 0) is 30.2 Å². The summed E-state index contributed by atoms with van der Waals surface area (Å²) in [6.07, 6.45) is 4.40. The van der Waals surface area contributed by atoms with E-state index in [-0.39, 0.29) is 11.8 Å². The SMILES string of the molecule is CC(=O)Nc1cccc(NC(=O)CCc2cccnc2)n1. The van der Waals surface area contributed by atoms with Crippen molar-refractivity contribution in [2.75, 3.05) is 10.6 Å². The fourth-order valence-corrected chi connectivity index (χ4v) is 1.76. The summed E-state index contributed by atoms with van der Waals surface area (Å²) < 4.78 is 0. The Bertz CT molecular complexity index is 629. The van der Waals surface area contributed by atoms with Crippen LogP contribution in [0.5, 0.6) is 0 Å². The van der Waals surface area contributed by atoms with E-state index >= 15 is 0 Å². The maximum atomic E-state index is 11.9. The van der Waals surface area contributed by atoms with Crippen molar-refractivity contribution in [2.45, 2.75) is 19.8 Å². The average Bonchev–Trinajstić information content (AvgIpc) is 2.46. The lowest BCUT2D eigenvalue weighted by Crippen LogP contribution is -2.14. The van der Waals surface area contributed by atoms with Crippen LogP contribution in [0.2, 0.25) is 0 Å². The minimum atomic E-state index is -0.206. The maximum absolute atomic E-state index is 11.9. The largest absolute Gasteiger partial charge is 0.311 e. The smallest absolute Gasteiger partial charge is 0.225 e. The first-order valence-electron chi connectivity index (χ1n) is 6.57. The van der Waals surface area contributed by atoms with Crippen molar-refractivity contribution in [1.82, 2.24) is 9.97 Å². The molecule has 0 fully saturated rings. The van der Waals surface area contributed by atoms with Crippen LogP contribution in [-0.2, 0) is 16.0 Å². The third kappa shape index (κ3) is 5.02. The number of amides is 2. The minimum absolute atomic E-state index is 0.133. The van der Waals surface area contributed by atoms with E-state index in [0.29, 0.717) is 24.5 Å². The number of aromatic nitrogens is 2. The Kier molecular flexibility index (Phi) is 4.98. The molecule has 2 amide bonds. The van der Waals surface area contributed by atoms with Gasteiger partial charge in [-0.15, -0.1) is 0 Å². The number of pyridine rings is 2. The Morgan fingerprint density at radius 1 is 1.10 bits per heavy atom. The predicted molar refractivity (Wildman–Crippen MR) is 79.7 cm³/mol. The molecular formula is C15H16N4O2. The number of hydrogen-bond acceptors (Lipinski definition) is 4. The first-order chi connectivity index (χ1) is 10.1. The Hall–Kier alpha value is -2.76. The van der Waals surface area contributed by atoms with Crippen molar-refractivity contribution in [3.63, 3.8) is 0 Å². The zero-order valence-electron chi connectivity index (χ0n) is 11.7. The summed E-state index contributed by atoms with van der Waals surface area (Å²) in [5.74, 6) is 0.485. The maximum Gasteiger partial charge on any atom is 0.225 e. The van der Waals surface area contributed by atoms with Gasteiger partial charge in [0, 0.05) is 25.7 Å². The molecule has 0 bridgehead atoms. The van der Waals surface area contributed by atoms with Crippen molar-refractivity contribution in [3.05, 3.63) is 48.3 Å². The fraction of sp³-hybridized carbons (Fsp3) is 0.200. The van der Waals surface area contributed by atoms with Crippen molar-refractivity contribution >= 4 is 23.5 Å². The second-order valence-electron chi connectivity index (χ2n) is 4.50. The molecule has 2 rings (SSSR count). The molecule has 2 heterocycles.